The monoisotopic (exact) mass is 522 g/mol. The highest BCUT2D eigenvalue weighted by Crippen LogP contribution is 2.35. The number of benzene rings is 2. The Labute approximate surface area is 204 Å². The van der Waals surface area contributed by atoms with Gasteiger partial charge in [-0.1, -0.05) is 23.5 Å². The number of hydrogen-bond donors (Lipinski definition) is 0. The minimum Gasteiger partial charge on any atom is -0.493 e. The average molecular weight is 522 g/mol. The van der Waals surface area contributed by atoms with Crippen molar-refractivity contribution in [1.82, 2.24) is 14.6 Å². The molecule has 0 saturated heterocycles. The topological polar surface area (TPSA) is 118 Å². The fraction of sp³-hybridized carbons (Fsp3) is 0.227. The zero-order valence-corrected chi connectivity index (χ0v) is 19.6. The lowest BCUT2D eigenvalue weighted by atomic mass is 10.1. The molecule has 2 heterocycles. The Kier molecular flexibility index (Phi) is 6.79. The number of alkyl halides is 3. The standard InChI is InChI=1S/C22H17F3N4O6S/c1-33-16-10-13(15(29(31)32)11-17(16)34-2)5-8-19-26-21-28(27-19)20(30)18(36-21)9-12-3-6-14(7-4-12)35-22(23,24)25/h3-4,6-7,9-11H,5,8H2,1-2H3/b18-9-. The maximum absolute atomic E-state index is 12.7. The predicted octanol–water partition coefficient (Wildman–Crippen LogP) is 3.31. The summed E-state index contributed by atoms with van der Waals surface area (Å²) >= 11 is 1.06. The summed E-state index contributed by atoms with van der Waals surface area (Å²) < 4.78 is 52.5. The van der Waals surface area contributed by atoms with Crippen LogP contribution in [0.3, 0.4) is 0 Å². The Bertz CT molecular complexity index is 1530. The quantitative estimate of drug-likeness (QED) is 0.256. The average Bonchev–Trinajstić information content (AvgIpc) is 3.35. The van der Waals surface area contributed by atoms with Crippen LogP contribution in [0, 0.1) is 10.1 Å². The fourth-order valence-electron chi connectivity index (χ4n) is 3.42. The number of hydrogen-bond acceptors (Lipinski definition) is 9. The van der Waals surface area contributed by atoms with Crippen molar-refractivity contribution in [2.75, 3.05) is 14.2 Å². The molecule has 14 heteroatoms. The smallest absolute Gasteiger partial charge is 0.493 e. The van der Waals surface area contributed by atoms with E-state index in [9.17, 15) is 28.1 Å². The molecule has 0 aliphatic carbocycles. The Balaban J connectivity index is 1.55. The van der Waals surface area contributed by atoms with E-state index >= 15 is 0 Å². The summed E-state index contributed by atoms with van der Waals surface area (Å²) in [6, 6.07) is 7.87. The molecule has 2 aromatic carbocycles. The van der Waals surface area contributed by atoms with Gasteiger partial charge in [0.05, 0.1) is 29.7 Å². The van der Waals surface area contributed by atoms with Crippen LogP contribution in [0.1, 0.15) is 17.0 Å². The van der Waals surface area contributed by atoms with Crippen molar-refractivity contribution in [3.05, 3.63) is 78.3 Å². The number of ether oxygens (including phenoxy) is 3. The van der Waals surface area contributed by atoms with E-state index in [1.807, 2.05) is 0 Å². The van der Waals surface area contributed by atoms with Gasteiger partial charge in [0.1, 0.15) is 5.75 Å². The molecule has 0 aliphatic heterocycles. The molecule has 0 spiro atoms. The fourth-order valence-corrected chi connectivity index (χ4v) is 4.35. The SMILES string of the molecule is COc1cc(CCc2nc3s/c(=C\c4ccc(OC(F)(F)F)cc4)c(=O)n3n2)c([N+](=O)[O-])cc1OC. The van der Waals surface area contributed by atoms with E-state index in [0.29, 0.717) is 27.7 Å². The minimum atomic E-state index is -4.79. The number of nitro benzene ring substituents is 1. The van der Waals surface area contributed by atoms with Crippen molar-refractivity contribution >= 4 is 28.1 Å². The van der Waals surface area contributed by atoms with Crippen LogP contribution in [0.25, 0.3) is 11.0 Å². The molecule has 188 valence electrons. The van der Waals surface area contributed by atoms with E-state index in [1.165, 1.54) is 44.6 Å². The number of rotatable bonds is 8. The molecule has 0 saturated carbocycles. The number of halogens is 3. The van der Waals surface area contributed by atoms with Crippen LogP contribution >= 0.6 is 11.3 Å². The van der Waals surface area contributed by atoms with Crippen LogP contribution in [0.15, 0.2) is 41.2 Å². The molecular formula is C22H17F3N4O6S. The van der Waals surface area contributed by atoms with Gasteiger partial charge in [0.25, 0.3) is 11.2 Å². The van der Waals surface area contributed by atoms with Crippen LogP contribution in [0.2, 0.25) is 0 Å². The van der Waals surface area contributed by atoms with Crippen molar-refractivity contribution < 1.29 is 32.3 Å². The van der Waals surface area contributed by atoms with E-state index in [2.05, 4.69) is 14.8 Å². The molecule has 0 unspecified atom stereocenters. The summed E-state index contributed by atoms with van der Waals surface area (Å²) in [6.07, 6.45) is -2.84. The number of aryl methyl sites for hydroxylation is 2. The summed E-state index contributed by atoms with van der Waals surface area (Å²) in [5.74, 6) is 0.527. The molecule has 0 N–H and O–H groups in total. The Morgan fingerprint density at radius 1 is 1.11 bits per heavy atom. The molecule has 0 bridgehead atoms. The number of fused-ring (bicyclic) bond motifs is 1. The summed E-state index contributed by atoms with van der Waals surface area (Å²) in [5, 5.41) is 15.7. The normalized spacial score (nSPS) is 12.2. The van der Waals surface area contributed by atoms with Crippen LogP contribution < -0.4 is 24.3 Å². The third-order valence-electron chi connectivity index (χ3n) is 5.04. The van der Waals surface area contributed by atoms with Gasteiger partial charge in [-0.05, 0) is 36.3 Å². The highest BCUT2D eigenvalue weighted by Gasteiger charge is 2.31. The molecule has 0 fully saturated rings. The van der Waals surface area contributed by atoms with Crippen molar-refractivity contribution in [1.29, 1.82) is 0 Å². The first kappa shape index (κ1) is 24.9. The number of aromatic nitrogens is 3. The number of nitrogens with zero attached hydrogens (tertiary/aromatic N) is 4. The first-order valence-corrected chi connectivity index (χ1v) is 11.0. The van der Waals surface area contributed by atoms with Gasteiger partial charge in [0.15, 0.2) is 17.3 Å². The lowest BCUT2D eigenvalue weighted by Gasteiger charge is -2.10. The third-order valence-corrected chi connectivity index (χ3v) is 6.00. The molecule has 2 aromatic heterocycles. The van der Waals surface area contributed by atoms with E-state index in [1.54, 1.807) is 0 Å². The highest BCUT2D eigenvalue weighted by atomic mass is 32.1. The van der Waals surface area contributed by atoms with E-state index in [0.717, 1.165) is 28.0 Å². The predicted molar refractivity (Wildman–Crippen MR) is 123 cm³/mol. The lowest BCUT2D eigenvalue weighted by molar-refractivity contribution is -0.385. The molecule has 0 amide bonds. The number of thiazole rings is 1. The third kappa shape index (κ3) is 5.38. The van der Waals surface area contributed by atoms with Gasteiger partial charge in [-0.15, -0.1) is 18.3 Å². The first-order chi connectivity index (χ1) is 17.1. The summed E-state index contributed by atoms with van der Waals surface area (Å²) in [5.41, 5.74) is 0.306. The van der Waals surface area contributed by atoms with Gasteiger partial charge in [-0.2, -0.15) is 4.52 Å². The molecule has 0 radical (unpaired) electrons. The Hall–Kier alpha value is -4.20. The van der Waals surface area contributed by atoms with Crippen LogP contribution in [-0.2, 0) is 12.8 Å². The summed E-state index contributed by atoms with van der Waals surface area (Å²) in [4.78, 5) is 28.3. The van der Waals surface area contributed by atoms with Crippen LogP contribution in [0.4, 0.5) is 18.9 Å². The second kappa shape index (κ2) is 9.81. The van der Waals surface area contributed by atoms with Gasteiger partial charge in [0, 0.05) is 12.0 Å². The van der Waals surface area contributed by atoms with E-state index in [-0.39, 0.29) is 34.6 Å². The van der Waals surface area contributed by atoms with Crippen molar-refractivity contribution in [3.8, 4) is 17.2 Å². The van der Waals surface area contributed by atoms with Crippen LogP contribution in [-0.4, -0.2) is 40.1 Å². The van der Waals surface area contributed by atoms with Crippen LogP contribution in [0.5, 0.6) is 17.2 Å². The van der Waals surface area contributed by atoms with Gasteiger partial charge < -0.3 is 14.2 Å². The number of methoxy groups -OCH3 is 2. The molecular weight excluding hydrogens is 505 g/mol. The second-order valence-electron chi connectivity index (χ2n) is 7.35. The van der Waals surface area contributed by atoms with Crippen molar-refractivity contribution in [2.45, 2.75) is 19.2 Å². The zero-order valence-electron chi connectivity index (χ0n) is 18.7. The Morgan fingerprint density at radius 2 is 1.78 bits per heavy atom. The number of nitro groups is 1. The first-order valence-electron chi connectivity index (χ1n) is 10.2. The van der Waals surface area contributed by atoms with Gasteiger partial charge in [-0.3, -0.25) is 14.9 Å². The largest absolute Gasteiger partial charge is 0.573 e. The van der Waals surface area contributed by atoms with E-state index in [4.69, 9.17) is 9.47 Å². The molecule has 4 rings (SSSR count). The maximum atomic E-state index is 12.7. The van der Waals surface area contributed by atoms with Gasteiger partial charge in [-0.25, -0.2) is 4.98 Å². The van der Waals surface area contributed by atoms with E-state index < -0.39 is 16.8 Å². The molecule has 36 heavy (non-hydrogen) atoms. The zero-order chi connectivity index (χ0) is 26.0. The van der Waals surface area contributed by atoms with Crippen molar-refractivity contribution in [3.63, 3.8) is 0 Å². The maximum Gasteiger partial charge on any atom is 0.573 e. The summed E-state index contributed by atoms with van der Waals surface area (Å²) in [7, 11) is 2.81. The Morgan fingerprint density at radius 3 is 2.36 bits per heavy atom. The van der Waals surface area contributed by atoms with Gasteiger partial charge >= 0.3 is 6.36 Å². The molecule has 10 nitrogen and oxygen atoms in total. The van der Waals surface area contributed by atoms with Crippen molar-refractivity contribution in [2.24, 2.45) is 0 Å². The second-order valence-corrected chi connectivity index (χ2v) is 8.36. The van der Waals surface area contributed by atoms with Gasteiger partial charge in [0.2, 0.25) is 4.96 Å². The summed E-state index contributed by atoms with van der Waals surface area (Å²) in [6.45, 7) is 0. The molecule has 4 aromatic rings. The molecule has 0 aliphatic rings. The lowest BCUT2D eigenvalue weighted by Crippen LogP contribution is -2.23. The molecule has 0 atom stereocenters. The minimum absolute atomic E-state index is 0.137. The highest BCUT2D eigenvalue weighted by molar-refractivity contribution is 7.15.